The standard InChI is InChI=1S/C11H12BrN3O/c1-3-4-13-7-11(16)15-10-5-8(2)9(12)6-14-10/h1,5-6,13H,4,7H2,2H3,(H,14,15,16). The molecule has 0 aromatic carbocycles. The second-order valence-electron chi connectivity index (χ2n) is 3.17. The van der Waals surface area contributed by atoms with Gasteiger partial charge >= 0.3 is 0 Å². The van der Waals surface area contributed by atoms with E-state index in [1.807, 2.05) is 6.92 Å². The number of carbonyl (C=O) groups excluding carboxylic acids is 1. The Morgan fingerprint density at radius 3 is 3.06 bits per heavy atom. The summed E-state index contributed by atoms with van der Waals surface area (Å²) in [7, 11) is 0. The number of carbonyl (C=O) groups is 1. The zero-order chi connectivity index (χ0) is 12.0. The average Bonchev–Trinajstić information content (AvgIpc) is 2.24. The largest absolute Gasteiger partial charge is 0.310 e. The van der Waals surface area contributed by atoms with Gasteiger partial charge in [-0.1, -0.05) is 5.92 Å². The molecule has 0 spiro atoms. The lowest BCUT2D eigenvalue weighted by Gasteiger charge is -2.05. The smallest absolute Gasteiger partial charge is 0.239 e. The molecule has 16 heavy (non-hydrogen) atoms. The van der Waals surface area contributed by atoms with Crippen LogP contribution in [0.15, 0.2) is 16.7 Å². The van der Waals surface area contributed by atoms with Crippen molar-refractivity contribution in [3.63, 3.8) is 0 Å². The number of nitrogens with one attached hydrogen (secondary N) is 2. The summed E-state index contributed by atoms with van der Waals surface area (Å²) in [6.45, 7) is 2.49. The van der Waals surface area contributed by atoms with E-state index < -0.39 is 0 Å². The molecule has 0 aliphatic heterocycles. The van der Waals surface area contributed by atoms with Crippen LogP contribution in [0, 0.1) is 19.3 Å². The highest BCUT2D eigenvalue weighted by atomic mass is 79.9. The van der Waals surface area contributed by atoms with Gasteiger partial charge in [-0.3, -0.25) is 10.1 Å². The van der Waals surface area contributed by atoms with Gasteiger partial charge in [-0.05, 0) is 34.5 Å². The third kappa shape index (κ3) is 4.01. The molecule has 0 atom stereocenters. The van der Waals surface area contributed by atoms with Crippen molar-refractivity contribution in [2.24, 2.45) is 0 Å². The fourth-order valence-corrected chi connectivity index (χ4v) is 1.26. The van der Waals surface area contributed by atoms with Crippen LogP contribution in [0.2, 0.25) is 0 Å². The maximum absolute atomic E-state index is 11.4. The first-order valence-corrected chi connectivity index (χ1v) is 5.49. The van der Waals surface area contributed by atoms with E-state index in [1.165, 1.54) is 0 Å². The number of nitrogens with zero attached hydrogens (tertiary/aromatic N) is 1. The van der Waals surface area contributed by atoms with Crippen LogP contribution in [0.3, 0.4) is 0 Å². The van der Waals surface area contributed by atoms with Crippen LogP contribution in [0.5, 0.6) is 0 Å². The van der Waals surface area contributed by atoms with E-state index in [4.69, 9.17) is 6.42 Å². The summed E-state index contributed by atoms with van der Waals surface area (Å²) in [5.74, 6) is 2.76. The van der Waals surface area contributed by atoms with Gasteiger partial charge < -0.3 is 5.32 Å². The van der Waals surface area contributed by atoms with Gasteiger partial charge in [0.1, 0.15) is 5.82 Å². The lowest BCUT2D eigenvalue weighted by atomic mass is 10.3. The molecular formula is C11H12BrN3O. The van der Waals surface area contributed by atoms with Gasteiger partial charge in [0, 0.05) is 10.7 Å². The van der Waals surface area contributed by atoms with E-state index in [1.54, 1.807) is 12.3 Å². The van der Waals surface area contributed by atoms with Crippen LogP contribution in [0.1, 0.15) is 5.56 Å². The Balaban J connectivity index is 2.50. The van der Waals surface area contributed by atoms with Crippen LogP contribution in [0.4, 0.5) is 5.82 Å². The predicted octanol–water partition coefficient (Wildman–Crippen LogP) is 1.31. The van der Waals surface area contributed by atoms with Crippen LogP contribution >= 0.6 is 15.9 Å². The fraction of sp³-hybridized carbons (Fsp3) is 0.273. The highest BCUT2D eigenvalue weighted by Gasteiger charge is 2.03. The molecule has 1 heterocycles. The van der Waals surface area contributed by atoms with Crippen LogP contribution < -0.4 is 10.6 Å². The number of aromatic nitrogens is 1. The van der Waals surface area contributed by atoms with E-state index in [0.29, 0.717) is 12.4 Å². The third-order valence-electron chi connectivity index (χ3n) is 1.83. The average molecular weight is 282 g/mol. The second-order valence-corrected chi connectivity index (χ2v) is 4.03. The molecule has 0 aliphatic carbocycles. The number of amides is 1. The SMILES string of the molecule is C#CCNCC(=O)Nc1cc(C)c(Br)cn1. The molecule has 0 unspecified atom stereocenters. The maximum Gasteiger partial charge on any atom is 0.239 e. The Kier molecular flexibility index (Phi) is 4.96. The maximum atomic E-state index is 11.4. The Labute approximate surface area is 103 Å². The van der Waals surface area contributed by atoms with Crippen molar-refractivity contribution in [1.82, 2.24) is 10.3 Å². The fourth-order valence-electron chi connectivity index (χ4n) is 1.04. The number of aryl methyl sites for hydroxylation is 1. The van der Waals surface area contributed by atoms with Crippen molar-refractivity contribution in [1.29, 1.82) is 0 Å². The van der Waals surface area contributed by atoms with E-state index in [0.717, 1.165) is 10.0 Å². The van der Waals surface area contributed by atoms with Crippen molar-refractivity contribution < 1.29 is 4.79 Å². The zero-order valence-electron chi connectivity index (χ0n) is 8.88. The van der Waals surface area contributed by atoms with Crippen molar-refractivity contribution in [3.8, 4) is 12.3 Å². The van der Waals surface area contributed by atoms with Crippen LogP contribution in [0.25, 0.3) is 0 Å². The number of rotatable bonds is 4. The highest BCUT2D eigenvalue weighted by molar-refractivity contribution is 9.10. The molecule has 84 valence electrons. The topological polar surface area (TPSA) is 54.0 Å². The summed E-state index contributed by atoms with van der Waals surface area (Å²) in [6.07, 6.45) is 6.69. The molecule has 4 nitrogen and oxygen atoms in total. The number of halogens is 1. The number of pyridine rings is 1. The summed E-state index contributed by atoms with van der Waals surface area (Å²) < 4.78 is 0.913. The molecule has 0 fully saturated rings. The predicted molar refractivity (Wildman–Crippen MR) is 67.0 cm³/mol. The van der Waals surface area contributed by atoms with E-state index in [2.05, 4.69) is 37.5 Å². The van der Waals surface area contributed by atoms with E-state index >= 15 is 0 Å². The van der Waals surface area contributed by atoms with Crippen molar-refractivity contribution in [2.75, 3.05) is 18.4 Å². The highest BCUT2D eigenvalue weighted by Crippen LogP contribution is 2.16. The van der Waals surface area contributed by atoms with Crippen molar-refractivity contribution >= 4 is 27.7 Å². The quantitative estimate of drug-likeness (QED) is 0.647. The molecule has 0 bridgehead atoms. The summed E-state index contributed by atoms with van der Waals surface area (Å²) in [5, 5.41) is 5.46. The first kappa shape index (κ1) is 12.7. The Bertz CT molecular complexity index is 426. The van der Waals surface area contributed by atoms with Gasteiger partial charge in [0.05, 0.1) is 13.1 Å². The van der Waals surface area contributed by atoms with Gasteiger partial charge in [-0.25, -0.2) is 4.98 Å². The number of hydrogen-bond acceptors (Lipinski definition) is 3. The van der Waals surface area contributed by atoms with Gasteiger partial charge in [0.15, 0.2) is 0 Å². The van der Waals surface area contributed by atoms with Crippen molar-refractivity contribution in [3.05, 3.63) is 22.3 Å². The number of anilines is 1. The molecule has 1 aromatic heterocycles. The molecule has 5 heteroatoms. The second kappa shape index (κ2) is 6.26. The van der Waals surface area contributed by atoms with Crippen LogP contribution in [-0.2, 0) is 4.79 Å². The lowest BCUT2D eigenvalue weighted by Crippen LogP contribution is -2.28. The summed E-state index contributed by atoms with van der Waals surface area (Å²) in [6, 6.07) is 1.79. The monoisotopic (exact) mass is 281 g/mol. The van der Waals surface area contributed by atoms with Crippen molar-refractivity contribution in [2.45, 2.75) is 6.92 Å². The molecular weight excluding hydrogens is 270 g/mol. The Morgan fingerprint density at radius 2 is 2.44 bits per heavy atom. The van der Waals surface area contributed by atoms with E-state index in [-0.39, 0.29) is 12.5 Å². The molecule has 0 radical (unpaired) electrons. The third-order valence-corrected chi connectivity index (χ3v) is 2.66. The van der Waals surface area contributed by atoms with Gasteiger partial charge in [0.2, 0.25) is 5.91 Å². The molecule has 2 N–H and O–H groups in total. The Morgan fingerprint density at radius 1 is 1.69 bits per heavy atom. The van der Waals surface area contributed by atoms with Gasteiger partial charge in [0.25, 0.3) is 0 Å². The summed E-state index contributed by atoms with van der Waals surface area (Å²) >= 11 is 3.34. The molecule has 1 amide bonds. The summed E-state index contributed by atoms with van der Waals surface area (Å²) in [5.41, 5.74) is 1.02. The first-order valence-electron chi connectivity index (χ1n) is 4.69. The minimum Gasteiger partial charge on any atom is -0.310 e. The Hall–Kier alpha value is -1.38. The van der Waals surface area contributed by atoms with E-state index in [9.17, 15) is 4.79 Å². The first-order chi connectivity index (χ1) is 7.63. The zero-order valence-corrected chi connectivity index (χ0v) is 10.5. The number of hydrogen-bond donors (Lipinski definition) is 2. The molecule has 0 aliphatic rings. The lowest BCUT2D eigenvalue weighted by molar-refractivity contribution is -0.115. The molecule has 1 aromatic rings. The van der Waals surface area contributed by atoms with Gasteiger partial charge in [-0.15, -0.1) is 6.42 Å². The summed E-state index contributed by atoms with van der Waals surface area (Å²) in [4.78, 5) is 15.4. The minimum atomic E-state index is -0.163. The number of terminal acetylenes is 1. The minimum absolute atomic E-state index is 0.163. The van der Waals surface area contributed by atoms with Crippen LogP contribution in [-0.4, -0.2) is 24.0 Å². The molecule has 1 rings (SSSR count). The normalized spacial score (nSPS) is 9.56. The molecule has 0 saturated carbocycles. The van der Waals surface area contributed by atoms with Gasteiger partial charge in [-0.2, -0.15) is 0 Å². The molecule has 0 saturated heterocycles.